The summed E-state index contributed by atoms with van der Waals surface area (Å²) >= 11 is 14.7. The number of fused-ring (bicyclic) bond motifs is 1. The molecule has 1 N–H and O–H groups in total. The molecule has 9 heteroatoms. The topological polar surface area (TPSA) is 78.7 Å². The number of aromatic nitrogens is 2. The number of pyridine rings is 1. The van der Waals surface area contributed by atoms with Crippen molar-refractivity contribution in [1.82, 2.24) is 9.97 Å². The molecule has 164 valence electrons. The maximum Gasteiger partial charge on any atom is 0.239 e. The van der Waals surface area contributed by atoms with E-state index in [4.69, 9.17) is 28.2 Å². The molecule has 2 aromatic heterocycles. The smallest absolute Gasteiger partial charge is 0.239 e. The summed E-state index contributed by atoms with van der Waals surface area (Å²) in [6.07, 6.45) is 2.95. The lowest BCUT2D eigenvalue weighted by molar-refractivity contribution is -0.115. The number of carbonyl (C=O) groups excluding carboxylic acids is 1. The number of carbonyl (C=O) groups is 1. The number of amides is 1. The first-order valence-corrected chi connectivity index (χ1v) is 12.7. The Kier molecular flexibility index (Phi) is 7.06. The first-order valence-electron chi connectivity index (χ1n) is 10.2. The van der Waals surface area contributed by atoms with Crippen LogP contribution in [0.5, 0.6) is 0 Å². The molecule has 32 heavy (non-hydrogen) atoms. The summed E-state index contributed by atoms with van der Waals surface area (Å²) in [6.45, 7) is 4.02. The molecular formula is C23H20Cl2N4OS2. The lowest BCUT2D eigenvalue weighted by atomic mass is 9.87. The van der Waals surface area contributed by atoms with Crippen molar-refractivity contribution in [2.45, 2.75) is 43.4 Å². The number of nitrogens with one attached hydrogen (secondary N) is 1. The van der Waals surface area contributed by atoms with E-state index in [0.29, 0.717) is 37.4 Å². The Hall–Kier alpha value is -2.11. The summed E-state index contributed by atoms with van der Waals surface area (Å²) in [5.41, 5.74) is 4.26. The van der Waals surface area contributed by atoms with E-state index >= 15 is 0 Å². The molecular weight excluding hydrogens is 483 g/mol. The normalized spacial score (nSPS) is 16.2. The number of thioether (sulfide) groups is 1. The minimum atomic E-state index is -0.438. The highest BCUT2D eigenvalue weighted by molar-refractivity contribution is 8.00. The number of hydrogen-bond donors (Lipinski definition) is 1. The second-order valence-corrected chi connectivity index (χ2v) is 10.8. The van der Waals surface area contributed by atoms with Crippen LogP contribution >= 0.6 is 46.3 Å². The second kappa shape index (κ2) is 9.80. The number of anilines is 1. The van der Waals surface area contributed by atoms with E-state index in [1.807, 2.05) is 17.5 Å². The van der Waals surface area contributed by atoms with Crippen molar-refractivity contribution in [2.75, 3.05) is 5.32 Å². The highest BCUT2D eigenvalue weighted by atomic mass is 35.5. The molecule has 2 heterocycles. The zero-order valence-electron chi connectivity index (χ0n) is 17.5. The average Bonchev–Trinajstić information content (AvgIpc) is 3.23. The predicted octanol–water partition coefficient (Wildman–Crippen LogP) is 6.63. The molecule has 2 unspecified atom stereocenters. The fraction of sp³-hybridized carbons (Fsp3) is 0.304. The Morgan fingerprint density at radius 2 is 2.12 bits per heavy atom. The van der Waals surface area contributed by atoms with Gasteiger partial charge in [0.05, 0.1) is 26.6 Å². The quantitative estimate of drug-likeness (QED) is 0.396. The van der Waals surface area contributed by atoms with E-state index in [1.165, 1.54) is 23.1 Å². The Morgan fingerprint density at radius 3 is 2.88 bits per heavy atom. The zero-order valence-corrected chi connectivity index (χ0v) is 20.6. The van der Waals surface area contributed by atoms with Crippen molar-refractivity contribution in [3.05, 3.63) is 56.5 Å². The molecule has 0 aliphatic heterocycles. The summed E-state index contributed by atoms with van der Waals surface area (Å²) < 4.78 is 0. The Morgan fingerprint density at radius 1 is 1.31 bits per heavy atom. The summed E-state index contributed by atoms with van der Waals surface area (Å²) in [7, 11) is 0. The summed E-state index contributed by atoms with van der Waals surface area (Å²) in [5, 5.41) is 15.9. The number of halogens is 2. The summed E-state index contributed by atoms with van der Waals surface area (Å²) in [5.74, 6) is 0.410. The number of hydrogen-bond acceptors (Lipinski definition) is 6. The molecule has 1 aliphatic rings. The lowest BCUT2D eigenvalue weighted by Gasteiger charge is -2.22. The van der Waals surface area contributed by atoms with Crippen LogP contribution in [0.2, 0.25) is 10.0 Å². The van der Waals surface area contributed by atoms with Crippen molar-refractivity contribution in [2.24, 2.45) is 5.92 Å². The number of thiazole rings is 1. The Labute approximate surface area is 205 Å². The van der Waals surface area contributed by atoms with E-state index in [1.54, 1.807) is 19.1 Å². The molecule has 1 aromatic carbocycles. The highest BCUT2D eigenvalue weighted by Crippen LogP contribution is 2.33. The molecule has 0 saturated carbocycles. The van der Waals surface area contributed by atoms with Crippen LogP contribution in [-0.4, -0.2) is 21.1 Å². The summed E-state index contributed by atoms with van der Waals surface area (Å²) in [6, 6.07) is 9.47. The van der Waals surface area contributed by atoms with Crippen molar-refractivity contribution in [3.8, 4) is 17.3 Å². The predicted molar refractivity (Wildman–Crippen MR) is 132 cm³/mol. The van der Waals surface area contributed by atoms with Gasteiger partial charge >= 0.3 is 0 Å². The molecule has 1 aliphatic carbocycles. The van der Waals surface area contributed by atoms with E-state index in [-0.39, 0.29) is 5.91 Å². The maximum absolute atomic E-state index is 12.8. The van der Waals surface area contributed by atoms with Gasteiger partial charge in [-0.15, -0.1) is 11.3 Å². The van der Waals surface area contributed by atoms with Gasteiger partial charge in [-0.1, -0.05) is 48.0 Å². The van der Waals surface area contributed by atoms with Crippen LogP contribution in [0, 0.1) is 17.2 Å². The Balaban J connectivity index is 1.45. The van der Waals surface area contributed by atoms with Gasteiger partial charge in [-0.25, -0.2) is 9.97 Å². The van der Waals surface area contributed by atoms with Gasteiger partial charge in [-0.3, -0.25) is 4.79 Å². The monoisotopic (exact) mass is 502 g/mol. The SMILES string of the molecule is CC1CCc2nc(SC(C)C(=O)Nc3nc(-c4ccc(Cl)c(Cl)c4)cs3)c(C#N)cc2C1. The van der Waals surface area contributed by atoms with Crippen molar-refractivity contribution < 1.29 is 4.79 Å². The van der Waals surface area contributed by atoms with Crippen LogP contribution in [0.15, 0.2) is 34.7 Å². The minimum Gasteiger partial charge on any atom is -0.301 e. The van der Waals surface area contributed by atoms with Crippen molar-refractivity contribution >= 4 is 57.3 Å². The van der Waals surface area contributed by atoms with Gasteiger partial charge in [0, 0.05) is 16.6 Å². The third kappa shape index (κ3) is 5.10. The molecule has 3 aromatic rings. The molecule has 5 nitrogen and oxygen atoms in total. The van der Waals surface area contributed by atoms with Gasteiger partial charge in [0.15, 0.2) is 5.13 Å². The van der Waals surface area contributed by atoms with E-state index in [0.717, 1.165) is 36.1 Å². The molecule has 0 spiro atoms. The molecule has 2 atom stereocenters. The van der Waals surface area contributed by atoms with Crippen LogP contribution in [0.25, 0.3) is 11.3 Å². The number of nitrogens with zero attached hydrogens (tertiary/aromatic N) is 3. The van der Waals surface area contributed by atoms with Crippen molar-refractivity contribution in [1.29, 1.82) is 5.26 Å². The largest absolute Gasteiger partial charge is 0.301 e. The number of rotatable bonds is 5. The van der Waals surface area contributed by atoms with E-state index in [2.05, 4.69) is 23.3 Å². The number of benzene rings is 1. The minimum absolute atomic E-state index is 0.193. The number of aryl methyl sites for hydroxylation is 1. The van der Waals surface area contributed by atoms with Crippen LogP contribution in [0.4, 0.5) is 5.13 Å². The third-order valence-corrected chi connectivity index (χ3v) is 7.93. The van der Waals surface area contributed by atoms with Gasteiger partial charge in [0.25, 0.3) is 0 Å². The van der Waals surface area contributed by atoms with Crippen LogP contribution in [0.3, 0.4) is 0 Å². The second-order valence-electron chi connectivity index (χ2n) is 7.82. The highest BCUT2D eigenvalue weighted by Gasteiger charge is 2.23. The zero-order chi connectivity index (χ0) is 22.8. The van der Waals surface area contributed by atoms with Gasteiger partial charge in [0.1, 0.15) is 11.1 Å². The van der Waals surface area contributed by atoms with Gasteiger partial charge in [0.2, 0.25) is 5.91 Å². The van der Waals surface area contributed by atoms with E-state index in [9.17, 15) is 10.1 Å². The standard InChI is InChI=1S/C23H20Cl2N4OS2/c1-12-3-6-19-15(7-12)8-16(10-26)22(27-19)32-13(2)21(30)29-23-28-20(11-31-23)14-4-5-17(24)18(25)9-14/h4-5,8-9,11-13H,3,6-7H2,1-2H3,(H,28,29,30). The molecule has 1 amide bonds. The van der Waals surface area contributed by atoms with Crippen molar-refractivity contribution in [3.63, 3.8) is 0 Å². The number of nitriles is 1. The first kappa shape index (κ1) is 23.1. The molecule has 0 bridgehead atoms. The van der Waals surface area contributed by atoms with Gasteiger partial charge in [-0.2, -0.15) is 5.26 Å². The van der Waals surface area contributed by atoms with Crippen LogP contribution in [-0.2, 0) is 17.6 Å². The first-order chi connectivity index (χ1) is 15.3. The van der Waals surface area contributed by atoms with Crippen LogP contribution < -0.4 is 5.32 Å². The van der Waals surface area contributed by atoms with Gasteiger partial charge in [-0.05, 0) is 55.9 Å². The van der Waals surface area contributed by atoms with Gasteiger partial charge < -0.3 is 5.32 Å². The molecule has 4 rings (SSSR count). The average molecular weight is 503 g/mol. The fourth-order valence-corrected chi connectivity index (χ4v) is 5.46. The third-order valence-electron chi connectivity index (χ3n) is 5.33. The summed E-state index contributed by atoms with van der Waals surface area (Å²) in [4.78, 5) is 22.0. The molecule has 0 saturated heterocycles. The molecule has 0 radical (unpaired) electrons. The van der Waals surface area contributed by atoms with Crippen LogP contribution in [0.1, 0.15) is 37.1 Å². The molecule has 0 fully saturated rings. The maximum atomic E-state index is 12.8. The Bertz CT molecular complexity index is 1220. The fourth-order valence-electron chi connectivity index (χ4n) is 3.54. The lowest BCUT2D eigenvalue weighted by Crippen LogP contribution is -2.23. The van der Waals surface area contributed by atoms with E-state index < -0.39 is 5.25 Å².